The average molecular weight is 284 g/mol. The Morgan fingerprint density at radius 1 is 1.58 bits per heavy atom. The second-order valence-corrected chi connectivity index (χ2v) is 5.13. The van der Waals surface area contributed by atoms with E-state index in [0.29, 0.717) is 12.2 Å². The van der Waals surface area contributed by atoms with E-state index in [1.165, 1.54) is 10.9 Å². The molecule has 2 N–H and O–H groups in total. The maximum Gasteiger partial charge on any atom is 0.287 e. The normalized spacial score (nSPS) is 23.1. The highest BCUT2D eigenvalue weighted by atomic mass is 35.5. The predicted octanol–water partition coefficient (Wildman–Crippen LogP) is 1.80. The van der Waals surface area contributed by atoms with Gasteiger partial charge in [0, 0.05) is 0 Å². The molecule has 1 aromatic rings. The minimum Gasteiger partial charge on any atom is -0.391 e. The van der Waals surface area contributed by atoms with Crippen molar-refractivity contribution >= 4 is 17.3 Å². The van der Waals surface area contributed by atoms with Crippen LogP contribution < -0.4 is 10.9 Å². The Morgan fingerprint density at radius 2 is 2.32 bits per heavy atom. The fourth-order valence-electron chi connectivity index (χ4n) is 2.30. The summed E-state index contributed by atoms with van der Waals surface area (Å²) < 4.78 is 1.25. The quantitative estimate of drug-likeness (QED) is 0.827. The van der Waals surface area contributed by atoms with E-state index in [2.05, 4.69) is 17.0 Å². The Hall–Kier alpha value is -1.33. The topological polar surface area (TPSA) is 67.2 Å². The van der Waals surface area contributed by atoms with Crippen LogP contribution in [0.2, 0.25) is 5.02 Å². The van der Waals surface area contributed by atoms with Gasteiger partial charge in [-0.1, -0.05) is 30.5 Å². The van der Waals surface area contributed by atoms with Crippen molar-refractivity contribution in [3.63, 3.8) is 0 Å². The van der Waals surface area contributed by atoms with Crippen molar-refractivity contribution in [1.82, 2.24) is 9.78 Å². The molecule has 104 valence electrons. The molecule has 1 heterocycles. The Balaban J connectivity index is 2.19. The highest BCUT2D eigenvalue weighted by molar-refractivity contribution is 6.32. The van der Waals surface area contributed by atoms with Gasteiger partial charge in [-0.3, -0.25) is 4.79 Å². The van der Waals surface area contributed by atoms with Crippen LogP contribution in [0, 0.1) is 0 Å². The van der Waals surface area contributed by atoms with Crippen LogP contribution in [-0.4, -0.2) is 27.0 Å². The first-order chi connectivity index (χ1) is 9.13. The van der Waals surface area contributed by atoms with Crippen molar-refractivity contribution in [3.05, 3.63) is 34.2 Å². The van der Waals surface area contributed by atoms with Gasteiger partial charge in [0.25, 0.3) is 5.56 Å². The summed E-state index contributed by atoms with van der Waals surface area (Å²) in [7, 11) is 0. The van der Waals surface area contributed by atoms with Crippen LogP contribution in [0.5, 0.6) is 0 Å². The van der Waals surface area contributed by atoms with Crippen molar-refractivity contribution in [3.8, 4) is 0 Å². The molecule has 0 aromatic carbocycles. The van der Waals surface area contributed by atoms with Crippen molar-refractivity contribution in [2.24, 2.45) is 0 Å². The zero-order valence-corrected chi connectivity index (χ0v) is 11.4. The summed E-state index contributed by atoms with van der Waals surface area (Å²) in [6.45, 7) is 3.89. The molecule has 0 bridgehead atoms. The predicted molar refractivity (Wildman–Crippen MR) is 75.6 cm³/mol. The lowest BCUT2D eigenvalue weighted by Gasteiger charge is -2.29. The Kier molecular flexibility index (Phi) is 4.61. The van der Waals surface area contributed by atoms with Crippen molar-refractivity contribution in [2.75, 3.05) is 5.32 Å². The van der Waals surface area contributed by atoms with Crippen molar-refractivity contribution < 1.29 is 5.11 Å². The number of aliphatic hydroxyl groups is 1. The zero-order valence-electron chi connectivity index (χ0n) is 10.7. The Bertz CT molecular complexity index is 515. The third-order valence-corrected chi connectivity index (χ3v) is 3.72. The number of nitrogens with one attached hydrogen (secondary N) is 1. The summed E-state index contributed by atoms with van der Waals surface area (Å²) in [6.07, 6.45) is 6.45. The van der Waals surface area contributed by atoms with E-state index < -0.39 is 6.10 Å². The second-order valence-electron chi connectivity index (χ2n) is 4.75. The summed E-state index contributed by atoms with van der Waals surface area (Å²) in [5.41, 5.74) is 0.134. The molecule has 1 aliphatic rings. The highest BCUT2D eigenvalue weighted by Gasteiger charge is 2.24. The van der Waals surface area contributed by atoms with Crippen LogP contribution in [0.4, 0.5) is 5.69 Å². The van der Waals surface area contributed by atoms with Gasteiger partial charge in [0.1, 0.15) is 5.02 Å². The van der Waals surface area contributed by atoms with Crippen molar-refractivity contribution in [1.29, 1.82) is 0 Å². The number of aliphatic hydroxyl groups excluding tert-OH is 1. The molecule has 0 aliphatic heterocycles. The molecule has 1 saturated carbocycles. The van der Waals surface area contributed by atoms with Gasteiger partial charge in [0.05, 0.1) is 30.6 Å². The van der Waals surface area contributed by atoms with E-state index in [-0.39, 0.29) is 16.6 Å². The lowest BCUT2D eigenvalue weighted by molar-refractivity contribution is 0.116. The van der Waals surface area contributed by atoms with E-state index in [0.717, 1.165) is 25.7 Å². The molecule has 1 fully saturated rings. The number of nitrogens with zero attached hydrogens (tertiary/aromatic N) is 2. The first-order valence-corrected chi connectivity index (χ1v) is 6.82. The monoisotopic (exact) mass is 283 g/mol. The van der Waals surface area contributed by atoms with Crippen LogP contribution in [0.1, 0.15) is 25.7 Å². The zero-order chi connectivity index (χ0) is 13.8. The fraction of sp³-hybridized carbons (Fsp3) is 0.538. The maximum atomic E-state index is 11.9. The van der Waals surface area contributed by atoms with Gasteiger partial charge in [-0.25, -0.2) is 4.68 Å². The van der Waals surface area contributed by atoms with Crippen LogP contribution in [0.25, 0.3) is 0 Å². The number of allylic oxidation sites excluding steroid dienone is 1. The van der Waals surface area contributed by atoms with E-state index in [4.69, 9.17) is 11.6 Å². The molecular weight excluding hydrogens is 266 g/mol. The van der Waals surface area contributed by atoms with Gasteiger partial charge in [-0.15, -0.1) is 6.58 Å². The lowest BCUT2D eigenvalue weighted by atomic mass is 9.92. The van der Waals surface area contributed by atoms with E-state index in [1.807, 2.05) is 0 Å². The van der Waals surface area contributed by atoms with Crippen LogP contribution >= 0.6 is 11.6 Å². The maximum absolute atomic E-state index is 11.9. The van der Waals surface area contributed by atoms with Gasteiger partial charge in [-0.05, 0) is 12.8 Å². The molecule has 6 heteroatoms. The largest absolute Gasteiger partial charge is 0.391 e. The summed E-state index contributed by atoms with van der Waals surface area (Å²) in [4.78, 5) is 11.9. The Morgan fingerprint density at radius 3 is 3.00 bits per heavy atom. The third kappa shape index (κ3) is 3.16. The fourth-order valence-corrected chi connectivity index (χ4v) is 2.50. The minimum atomic E-state index is -0.402. The summed E-state index contributed by atoms with van der Waals surface area (Å²) in [5.74, 6) is 0. The molecule has 2 rings (SSSR count). The molecular formula is C13H18ClN3O2. The van der Waals surface area contributed by atoms with Crippen LogP contribution in [-0.2, 0) is 6.54 Å². The first-order valence-electron chi connectivity index (χ1n) is 6.44. The number of rotatable bonds is 4. The third-order valence-electron chi connectivity index (χ3n) is 3.36. The van der Waals surface area contributed by atoms with Gasteiger partial charge in [-0.2, -0.15) is 5.10 Å². The standard InChI is InChI=1S/C13H18ClN3O2/c1-2-7-17-13(19)12(14)10(8-15-17)16-9-5-3-4-6-11(9)18/h2,8-9,11,16,18H,1,3-7H2. The molecule has 0 saturated heterocycles. The number of hydrogen-bond donors (Lipinski definition) is 2. The summed E-state index contributed by atoms with van der Waals surface area (Å²) in [5, 5.41) is 17.2. The van der Waals surface area contributed by atoms with E-state index in [9.17, 15) is 9.90 Å². The van der Waals surface area contributed by atoms with Gasteiger partial charge in [0.15, 0.2) is 0 Å². The molecule has 0 radical (unpaired) electrons. The van der Waals surface area contributed by atoms with E-state index in [1.54, 1.807) is 6.08 Å². The molecule has 2 unspecified atom stereocenters. The average Bonchev–Trinajstić information content (AvgIpc) is 2.41. The summed E-state index contributed by atoms with van der Waals surface area (Å²) in [6, 6.07) is -0.0669. The smallest absolute Gasteiger partial charge is 0.287 e. The lowest BCUT2D eigenvalue weighted by Crippen LogP contribution is -2.37. The second kappa shape index (κ2) is 6.21. The number of aromatic nitrogens is 2. The molecule has 1 aliphatic carbocycles. The summed E-state index contributed by atoms with van der Waals surface area (Å²) >= 11 is 6.05. The van der Waals surface area contributed by atoms with Gasteiger partial charge in [0.2, 0.25) is 0 Å². The molecule has 5 nitrogen and oxygen atoms in total. The first kappa shape index (κ1) is 14.1. The Labute approximate surface area is 116 Å². The van der Waals surface area contributed by atoms with Crippen LogP contribution in [0.15, 0.2) is 23.6 Å². The van der Waals surface area contributed by atoms with Gasteiger partial charge < -0.3 is 10.4 Å². The van der Waals surface area contributed by atoms with Crippen LogP contribution in [0.3, 0.4) is 0 Å². The van der Waals surface area contributed by atoms with Gasteiger partial charge >= 0.3 is 0 Å². The number of anilines is 1. The molecule has 0 spiro atoms. The minimum absolute atomic E-state index is 0.0669. The molecule has 0 amide bonds. The molecule has 1 aromatic heterocycles. The number of hydrogen-bond acceptors (Lipinski definition) is 4. The molecule has 19 heavy (non-hydrogen) atoms. The molecule has 2 atom stereocenters. The highest BCUT2D eigenvalue weighted by Crippen LogP contribution is 2.24. The van der Waals surface area contributed by atoms with E-state index >= 15 is 0 Å². The number of halogens is 1. The SMILES string of the molecule is C=CCn1ncc(NC2CCCCC2O)c(Cl)c1=O. The van der Waals surface area contributed by atoms with Crippen molar-refractivity contribution in [2.45, 2.75) is 44.4 Å².